The normalized spacial score (nSPS) is 20.3. The van der Waals surface area contributed by atoms with Crippen LogP contribution >= 0.6 is 0 Å². The van der Waals surface area contributed by atoms with Gasteiger partial charge in [0.05, 0.1) is 5.92 Å². The molecule has 0 bridgehead atoms. The molecule has 1 heterocycles. The molecule has 1 aromatic carbocycles. The van der Waals surface area contributed by atoms with Gasteiger partial charge in [-0.05, 0) is 43.4 Å². The molecule has 0 saturated heterocycles. The van der Waals surface area contributed by atoms with E-state index in [1.165, 1.54) is 29.7 Å². The molecule has 2 aliphatic rings. The number of ether oxygens (including phenoxy) is 1. The number of benzene rings is 1. The van der Waals surface area contributed by atoms with Gasteiger partial charge in [0.1, 0.15) is 5.78 Å². The van der Waals surface area contributed by atoms with Crippen molar-refractivity contribution < 1.29 is 9.53 Å². The average Bonchev–Trinajstić information content (AvgIpc) is 3.27. The Balaban J connectivity index is 1.75. The molecule has 0 aromatic heterocycles. The Morgan fingerprint density at radius 3 is 2.91 bits per heavy atom. The van der Waals surface area contributed by atoms with Gasteiger partial charge >= 0.3 is 0 Å². The second-order valence-corrected chi connectivity index (χ2v) is 6.50. The maximum atomic E-state index is 11.9. The van der Waals surface area contributed by atoms with Crippen molar-refractivity contribution in [2.45, 2.75) is 44.7 Å². The van der Waals surface area contributed by atoms with Crippen LogP contribution in [0.4, 0.5) is 5.69 Å². The zero-order chi connectivity index (χ0) is 15.5. The molecular formula is C18H26N2O2. The fourth-order valence-electron chi connectivity index (χ4n) is 3.19. The summed E-state index contributed by atoms with van der Waals surface area (Å²) in [4.78, 5) is 14.3. The molecular weight excluding hydrogens is 276 g/mol. The summed E-state index contributed by atoms with van der Waals surface area (Å²) >= 11 is 0. The largest absolute Gasteiger partial charge is 0.385 e. The van der Waals surface area contributed by atoms with E-state index in [1.807, 2.05) is 0 Å². The summed E-state index contributed by atoms with van der Waals surface area (Å²) in [5, 5.41) is 3.56. The number of nitrogens with zero attached hydrogens (tertiary/aromatic N) is 1. The second-order valence-electron chi connectivity index (χ2n) is 6.50. The molecule has 1 N–H and O–H groups in total. The molecule has 4 heteroatoms. The second kappa shape index (κ2) is 6.80. The summed E-state index contributed by atoms with van der Waals surface area (Å²) in [6.07, 6.45) is 3.60. The zero-order valence-corrected chi connectivity index (χ0v) is 13.6. The molecule has 0 amide bonds. The predicted octanol–water partition coefficient (Wildman–Crippen LogP) is 2.47. The number of nitrogens with one attached hydrogen (secondary N) is 1. The molecule has 1 fully saturated rings. The van der Waals surface area contributed by atoms with Gasteiger partial charge < -0.3 is 15.0 Å². The highest BCUT2D eigenvalue weighted by Crippen LogP contribution is 2.37. The quantitative estimate of drug-likeness (QED) is 0.749. The minimum Gasteiger partial charge on any atom is -0.385 e. The van der Waals surface area contributed by atoms with Crippen LogP contribution in [-0.4, -0.2) is 38.6 Å². The van der Waals surface area contributed by atoms with Crippen LogP contribution in [0.15, 0.2) is 18.2 Å². The predicted molar refractivity (Wildman–Crippen MR) is 88.4 cm³/mol. The molecule has 1 aliphatic carbocycles. The molecule has 1 aliphatic heterocycles. The summed E-state index contributed by atoms with van der Waals surface area (Å²) in [6, 6.07) is 7.31. The van der Waals surface area contributed by atoms with E-state index in [0.717, 1.165) is 38.7 Å². The Bertz CT molecular complexity index is 540. The Morgan fingerprint density at radius 1 is 1.41 bits per heavy atom. The van der Waals surface area contributed by atoms with E-state index in [4.69, 9.17) is 4.74 Å². The van der Waals surface area contributed by atoms with Gasteiger partial charge in [-0.1, -0.05) is 12.1 Å². The SMILES string of the molecule is COCCCN1CC(C(C)=O)c2ccc(CNC3CC3)cc21. The van der Waals surface area contributed by atoms with Gasteiger partial charge in [0.25, 0.3) is 0 Å². The fourth-order valence-corrected chi connectivity index (χ4v) is 3.19. The maximum Gasteiger partial charge on any atom is 0.139 e. The standard InChI is InChI=1S/C18H26N2O2/c1-13(21)17-12-20(8-3-9-22-2)18-10-14(4-7-16(17)18)11-19-15-5-6-15/h4,7,10,15,17,19H,3,5-6,8-9,11-12H2,1-2H3. The summed E-state index contributed by atoms with van der Waals surface area (Å²) in [5.41, 5.74) is 3.75. The number of hydrogen-bond acceptors (Lipinski definition) is 4. The Labute approximate surface area is 132 Å². The first-order chi connectivity index (χ1) is 10.7. The first-order valence-electron chi connectivity index (χ1n) is 8.29. The Hall–Kier alpha value is -1.39. The third-order valence-corrected chi connectivity index (χ3v) is 4.65. The Kier molecular flexibility index (Phi) is 4.79. The monoisotopic (exact) mass is 302 g/mol. The van der Waals surface area contributed by atoms with E-state index >= 15 is 0 Å². The van der Waals surface area contributed by atoms with E-state index < -0.39 is 0 Å². The molecule has 1 aromatic rings. The van der Waals surface area contributed by atoms with Crippen LogP contribution in [0.3, 0.4) is 0 Å². The van der Waals surface area contributed by atoms with Crippen LogP contribution in [-0.2, 0) is 16.1 Å². The smallest absolute Gasteiger partial charge is 0.139 e. The average molecular weight is 302 g/mol. The first-order valence-corrected chi connectivity index (χ1v) is 8.29. The lowest BCUT2D eigenvalue weighted by Crippen LogP contribution is -2.25. The molecule has 3 rings (SSSR count). The van der Waals surface area contributed by atoms with Gasteiger partial charge in [0.15, 0.2) is 0 Å². The molecule has 1 atom stereocenters. The lowest BCUT2D eigenvalue weighted by molar-refractivity contribution is -0.118. The van der Waals surface area contributed by atoms with Gasteiger partial charge in [-0.3, -0.25) is 4.79 Å². The number of methoxy groups -OCH3 is 1. The van der Waals surface area contributed by atoms with Gasteiger partial charge in [-0.25, -0.2) is 0 Å². The lowest BCUT2D eigenvalue weighted by atomic mass is 9.97. The maximum absolute atomic E-state index is 11.9. The third-order valence-electron chi connectivity index (χ3n) is 4.65. The van der Waals surface area contributed by atoms with Crippen LogP contribution in [0.5, 0.6) is 0 Å². The van der Waals surface area contributed by atoms with Gasteiger partial charge in [0, 0.05) is 45.1 Å². The lowest BCUT2D eigenvalue weighted by Gasteiger charge is -2.20. The molecule has 4 nitrogen and oxygen atoms in total. The number of carbonyl (C=O) groups excluding carboxylic acids is 1. The third kappa shape index (κ3) is 3.50. The summed E-state index contributed by atoms with van der Waals surface area (Å²) in [6.45, 7) is 5.15. The number of ketones is 1. The summed E-state index contributed by atoms with van der Waals surface area (Å²) in [5.74, 6) is 0.294. The minimum atomic E-state index is 0.0305. The van der Waals surface area contributed by atoms with E-state index in [0.29, 0.717) is 0 Å². The van der Waals surface area contributed by atoms with E-state index in [9.17, 15) is 4.79 Å². The van der Waals surface area contributed by atoms with Crippen molar-refractivity contribution in [3.05, 3.63) is 29.3 Å². The van der Waals surface area contributed by atoms with Crippen molar-refractivity contribution in [2.24, 2.45) is 0 Å². The Morgan fingerprint density at radius 2 is 2.23 bits per heavy atom. The number of fused-ring (bicyclic) bond motifs is 1. The van der Waals surface area contributed by atoms with Crippen molar-refractivity contribution in [1.82, 2.24) is 5.32 Å². The highest BCUT2D eigenvalue weighted by Gasteiger charge is 2.31. The number of Topliss-reactive ketones (excluding diaryl/α,β-unsaturated/α-hetero) is 1. The van der Waals surface area contributed by atoms with Gasteiger partial charge in [0.2, 0.25) is 0 Å². The molecule has 120 valence electrons. The molecule has 0 radical (unpaired) electrons. The van der Waals surface area contributed by atoms with Crippen molar-refractivity contribution in [3.63, 3.8) is 0 Å². The number of hydrogen-bond donors (Lipinski definition) is 1. The highest BCUT2D eigenvalue weighted by molar-refractivity contribution is 5.88. The molecule has 1 unspecified atom stereocenters. The van der Waals surface area contributed by atoms with Crippen molar-refractivity contribution in [1.29, 1.82) is 0 Å². The van der Waals surface area contributed by atoms with Crippen molar-refractivity contribution >= 4 is 11.5 Å². The van der Waals surface area contributed by atoms with Crippen molar-refractivity contribution in [2.75, 3.05) is 31.7 Å². The van der Waals surface area contributed by atoms with E-state index in [2.05, 4.69) is 28.4 Å². The fraction of sp³-hybridized carbons (Fsp3) is 0.611. The van der Waals surface area contributed by atoms with Crippen molar-refractivity contribution in [3.8, 4) is 0 Å². The van der Waals surface area contributed by atoms with Crippen LogP contribution in [0.2, 0.25) is 0 Å². The topological polar surface area (TPSA) is 41.6 Å². The van der Waals surface area contributed by atoms with Crippen LogP contribution < -0.4 is 10.2 Å². The minimum absolute atomic E-state index is 0.0305. The first kappa shape index (κ1) is 15.5. The summed E-state index contributed by atoms with van der Waals surface area (Å²) < 4.78 is 5.16. The van der Waals surface area contributed by atoms with E-state index in [1.54, 1.807) is 14.0 Å². The van der Waals surface area contributed by atoms with Crippen LogP contribution in [0.25, 0.3) is 0 Å². The van der Waals surface area contributed by atoms with Crippen LogP contribution in [0, 0.1) is 0 Å². The van der Waals surface area contributed by atoms with E-state index in [-0.39, 0.29) is 11.7 Å². The molecule has 22 heavy (non-hydrogen) atoms. The number of carbonyl (C=O) groups is 1. The van der Waals surface area contributed by atoms with Gasteiger partial charge in [-0.2, -0.15) is 0 Å². The number of anilines is 1. The molecule has 0 spiro atoms. The highest BCUT2D eigenvalue weighted by atomic mass is 16.5. The van der Waals surface area contributed by atoms with Gasteiger partial charge in [-0.15, -0.1) is 0 Å². The van der Waals surface area contributed by atoms with Crippen LogP contribution in [0.1, 0.15) is 43.2 Å². The zero-order valence-electron chi connectivity index (χ0n) is 13.6. The molecule has 1 saturated carbocycles. The summed E-state index contributed by atoms with van der Waals surface area (Å²) in [7, 11) is 1.73. The number of rotatable bonds is 8.